The third kappa shape index (κ3) is 8.28. The van der Waals surface area contributed by atoms with Crippen LogP contribution in [0.25, 0.3) is 0 Å². The maximum Gasteiger partial charge on any atom is 0.335 e. The van der Waals surface area contributed by atoms with Crippen LogP contribution >= 0.6 is 11.8 Å². The van der Waals surface area contributed by atoms with Crippen LogP contribution < -0.4 is 16.0 Å². The summed E-state index contributed by atoms with van der Waals surface area (Å²) in [6.07, 6.45) is 5.20. The molecular formula is C31H33N5O4S. The number of hydrogen-bond acceptors (Lipinski definition) is 6. The van der Waals surface area contributed by atoms with Gasteiger partial charge in [-0.25, -0.2) is 4.79 Å². The van der Waals surface area contributed by atoms with Gasteiger partial charge in [0.2, 0.25) is 0 Å². The van der Waals surface area contributed by atoms with Gasteiger partial charge in [0, 0.05) is 54.7 Å². The summed E-state index contributed by atoms with van der Waals surface area (Å²) in [7, 11) is 1.62. The first-order valence-electron chi connectivity index (χ1n) is 13.4. The number of aromatic carboxylic acids is 1. The number of amides is 2. The lowest BCUT2D eigenvalue weighted by atomic mass is 10.1. The second-order valence-electron chi connectivity index (χ2n) is 9.60. The molecule has 0 radical (unpaired) electrons. The van der Waals surface area contributed by atoms with Crippen LogP contribution in [-0.4, -0.2) is 55.1 Å². The van der Waals surface area contributed by atoms with E-state index < -0.39 is 11.9 Å². The fourth-order valence-electron chi connectivity index (χ4n) is 4.45. The molecule has 1 saturated heterocycles. The van der Waals surface area contributed by atoms with Crippen LogP contribution in [0.4, 0.5) is 11.4 Å². The number of anilines is 2. The molecule has 0 saturated carbocycles. The van der Waals surface area contributed by atoms with E-state index >= 15 is 0 Å². The minimum absolute atomic E-state index is 0.143. The molecule has 0 spiro atoms. The van der Waals surface area contributed by atoms with E-state index in [0.29, 0.717) is 17.0 Å². The van der Waals surface area contributed by atoms with Crippen molar-refractivity contribution in [1.29, 1.82) is 0 Å². The Bertz CT molecular complexity index is 1460. The first-order valence-corrected chi connectivity index (χ1v) is 14.4. The second kappa shape index (κ2) is 14.3. The number of nitrogens with one attached hydrogen (secondary N) is 1. The van der Waals surface area contributed by atoms with Crippen LogP contribution in [-0.2, 0) is 5.75 Å². The Labute approximate surface area is 243 Å². The van der Waals surface area contributed by atoms with Gasteiger partial charge in [-0.2, -0.15) is 4.99 Å². The Kier molecular flexibility index (Phi) is 10.3. The lowest BCUT2D eigenvalue weighted by molar-refractivity contribution is 0.0696. The van der Waals surface area contributed by atoms with Gasteiger partial charge < -0.3 is 26.0 Å². The van der Waals surface area contributed by atoms with Crippen molar-refractivity contribution in [2.24, 2.45) is 15.7 Å². The first-order chi connectivity index (χ1) is 19.8. The van der Waals surface area contributed by atoms with E-state index in [1.54, 1.807) is 73.6 Å². The number of nitrogens with two attached hydrogens (primary N) is 1. The number of carboxylic acid groups (broad SMARTS) is 1. The van der Waals surface area contributed by atoms with Crippen LogP contribution in [0, 0.1) is 0 Å². The highest BCUT2D eigenvalue weighted by Crippen LogP contribution is 2.28. The molecule has 0 unspecified atom stereocenters. The largest absolute Gasteiger partial charge is 0.478 e. The summed E-state index contributed by atoms with van der Waals surface area (Å²) >= 11 is 1.54. The topological polar surface area (TPSA) is 137 Å². The zero-order chi connectivity index (χ0) is 29.2. The lowest BCUT2D eigenvalue weighted by Gasteiger charge is -2.29. The molecule has 10 heteroatoms. The summed E-state index contributed by atoms with van der Waals surface area (Å²) in [5, 5.41) is 12.0. The number of piperidine rings is 1. The van der Waals surface area contributed by atoms with Crippen molar-refractivity contribution in [1.82, 2.24) is 0 Å². The van der Waals surface area contributed by atoms with Gasteiger partial charge in [-0.1, -0.05) is 12.1 Å². The fraction of sp³-hybridized carbons (Fsp3) is 0.258. The molecule has 4 N–H and O–H groups in total. The minimum atomic E-state index is -0.965. The number of hydrogen-bond donors (Lipinski definition) is 3. The fourth-order valence-corrected chi connectivity index (χ4v) is 5.29. The quantitative estimate of drug-likeness (QED) is 0.166. The smallest absolute Gasteiger partial charge is 0.335 e. The van der Waals surface area contributed by atoms with E-state index in [1.807, 2.05) is 18.2 Å². The maximum absolute atomic E-state index is 13.3. The third-order valence-corrected chi connectivity index (χ3v) is 7.71. The normalized spacial score (nSPS) is 13.8. The molecule has 1 heterocycles. The summed E-state index contributed by atoms with van der Waals surface area (Å²) in [6, 6.07) is 19.4. The van der Waals surface area contributed by atoms with E-state index in [2.05, 4.69) is 20.2 Å². The second-order valence-corrected chi connectivity index (χ2v) is 10.7. The molecule has 0 aromatic heterocycles. The van der Waals surface area contributed by atoms with Crippen molar-refractivity contribution in [2.75, 3.05) is 30.4 Å². The number of carbonyl (C=O) groups excluding carboxylic acids is 2. The summed E-state index contributed by atoms with van der Waals surface area (Å²) in [6.45, 7) is 1.82. The summed E-state index contributed by atoms with van der Waals surface area (Å²) < 4.78 is 0. The Morgan fingerprint density at radius 2 is 1.76 bits per heavy atom. The molecule has 0 atom stereocenters. The van der Waals surface area contributed by atoms with Crippen molar-refractivity contribution in [3.63, 3.8) is 0 Å². The first kappa shape index (κ1) is 29.5. The standard InChI is InChI=1S/C31H33N5O4S/c1-33-15-14-28(32)35-30(38)26-19-24(36-16-3-2-4-17-36)10-13-27(26)34-29(37)23-7-5-6-21(18-23)20-41-25-11-8-22(9-12-25)31(39)40/h5-13,15,18-19H,2-4,14,16-17,20H2,1H3,(H,34,37)(H,39,40)(H2,32,35,38). The van der Waals surface area contributed by atoms with E-state index in [9.17, 15) is 14.4 Å². The van der Waals surface area contributed by atoms with Crippen molar-refractivity contribution in [2.45, 2.75) is 36.3 Å². The number of amidine groups is 1. The SMILES string of the molecule is CN=CCC(N)=NC(=O)c1cc(N2CCCCC2)ccc1NC(=O)c1cccc(CSc2ccc(C(=O)O)cc2)c1. The molecular weight excluding hydrogens is 538 g/mol. The van der Waals surface area contributed by atoms with Gasteiger partial charge >= 0.3 is 5.97 Å². The molecule has 41 heavy (non-hydrogen) atoms. The van der Waals surface area contributed by atoms with Crippen LogP contribution in [0.2, 0.25) is 0 Å². The Morgan fingerprint density at radius 1 is 1.00 bits per heavy atom. The molecule has 2 amide bonds. The predicted molar refractivity (Wildman–Crippen MR) is 165 cm³/mol. The van der Waals surface area contributed by atoms with Gasteiger partial charge in [0.25, 0.3) is 11.8 Å². The Morgan fingerprint density at radius 3 is 2.46 bits per heavy atom. The molecule has 1 aliphatic rings. The highest BCUT2D eigenvalue weighted by Gasteiger charge is 2.19. The highest BCUT2D eigenvalue weighted by atomic mass is 32.2. The zero-order valence-electron chi connectivity index (χ0n) is 22.9. The van der Waals surface area contributed by atoms with Gasteiger partial charge in [0.1, 0.15) is 5.84 Å². The molecule has 1 aliphatic heterocycles. The predicted octanol–water partition coefficient (Wildman–Crippen LogP) is 5.51. The Hall–Kier alpha value is -4.44. The van der Waals surface area contributed by atoms with Crippen LogP contribution in [0.5, 0.6) is 0 Å². The Balaban J connectivity index is 1.52. The average Bonchev–Trinajstić information content (AvgIpc) is 3.00. The van der Waals surface area contributed by atoms with Crippen LogP contribution in [0.3, 0.4) is 0 Å². The summed E-state index contributed by atoms with van der Waals surface area (Å²) in [4.78, 5) is 48.7. The van der Waals surface area contributed by atoms with Crippen molar-refractivity contribution in [3.05, 3.63) is 89.0 Å². The van der Waals surface area contributed by atoms with Crippen molar-refractivity contribution >= 4 is 53.0 Å². The number of aliphatic imine (C=N–C) groups is 2. The van der Waals surface area contributed by atoms with Gasteiger partial charge in [0.05, 0.1) is 16.8 Å². The molecule has 9 nitrogen and oxygen atoms in total. The van der Waals surface area contributed by atoms with Gasteiger partial charge in [-0.3, -0.25) is 9.59 Å². The van der Waals surface area contributed by atoms with E-state index in [1.165, 1.54) is 6.42 Å². The maximum atomic E-state index is 13.3. The minimum Gasteiger partial charge on any atom is -0.478 e. The van der Waals surface area contributed by atoms with Gasteiger partial charge in [-0.15, -0.1) is 11.8 Å². The number of rotatable bonds is 10. The molecule has 212 valence electrons. The monoisotopic (exact) mass is 571 g/mol. The highest BCUT2D eigenvalue weighted by molar-refractivity contribution is 7.98. The number of thioether (sulfide) groups is 1. The van der Waals surface area contributed by atoms with E-state index in [-0.39, 0.29) is 29.3 Å². The molecule has 1 fully saturated rings. The average molecular weight is 572 g/mol. The number of benzene rings is 3. The van der Waals surface area contributed by atoms with Crippen LogP contribution in [0.1, 0.15) is 62.3 Å². The molecule has 0 aliphatic carbocycles. The lowest BCUT2D eigenvalue weighted by Crippen LogP contribution is -2.29. The molecule has 0 bridgehead atoms. The van der Waals surface area contributed by atoms with Crippen molar-refractivity contribution in [3.8, 4) is 0 Å². The molecule has 4 rings (SSSR count). The van der Waals surface area contributed by atoms with E-state index in [0.717, 1.165) is 42.1 Å². The molecule has 3 aromatic carbocycles. The van der Waals surface area contributed by atoms with Gasteiger partial charge in [-0.05, 0) is 79.4 Å². The zero-order valence-corrected chi connectivity index (χ0v) is 23.7. The van der Waals surface area contributed by atoms with Crippen LogP contribution in [0.15, 0.2) is 81.6 Å². The number of carboxylic acids is 1. The van der Waals surface area contributed by atoms with Crippen molar-refractivity contribution < 1.29 is 19.5 Å². The third-order valence-electron chi connectivity index (χ3n) is 6.63. The number of carbonyl (C=O) groups is 3. The van der Waals surface area contributed by atoms with E-state index in [4.69, 9.17) is 10.8 Å². The molecule has 3 aromatic rings. The van der Waals surface area contributed by atoms with Gasteiger partial charge in [0.15, 0.2) is 0 Å². The summed E-state index contributed by atoms with van der Waals surface area (Å²) in [5.41, 5.74) is 9.09. The summed E-state index contributed by atoms with van der Waals surface area (Å²) in [5.74, 6) is -1.11. The number of nitrogens with zero attached hydrogens (tertiary/aromatic N) is 3.